The maximum absolute atomic E-state index is 11.7. The van der Waals surface area contributed by atoms with Crippen molar-refractivity contribution in [1.82, 2.24) is 15.0 Å². The van der Waals surface area contributed by atoms with Crippen LogP contribution >= 0.6 is 0 Å². The number of benzene rings is 2. The van der Waals surface area contributed by atoms with Gasteiger partial charge in [0.15, 0.2) is 5.78 Å². The number of aliphatic hydroxyl groups is 1. The summed E-state index contributed by atoms with van der Waals surface area (Å²) in [5.74, 6) is 1.11. The average Bonchev–Trinajstić information content (AvgIpc) is 3.46. The van der Waals surface area contributed by atoms with Gasteiger partial charge in [-0.25, -0.2) is 9.97 Å². The van der Waals surface area contributed by atoms with Gasteiger partial charge >= 0.3 is 0 Å². The van der Waals surface area contributed by atoms with E-state index in [1.807, 2.05) is 46.1 Å². The van der Waals surface area contributed by atoms with Crippen LogP contribution in [-0.4, -0.2) is 25.8 Å². The zero-order valence-electron chi connectivity index (χ0n) is 30.6. The summed E-state index contributed by atoms with van der Waals surface area (Å²) < 4.78 is 5.77. The number of nitrogens with zero attached hydrogens (tertiary/aromatic N) is 3. The fourth-order valence-corrected chi connectivity index (χ4v) is 6.12. The summed E-state index contributed by atoms with van der Waals surface area (Å²) in [6, 6.07) is 20.2. The van der Waals surface area contributed by atoms with Gasteiger partial charge in [-0.2, -0.15) is 0 Å². The van der Waals surface area contributed by atoms with Gasteiger partial charge < -0.3 is 9.52 Å². The molecule has 0 aliphatic heterocycles. The molecule has 263 valence electrons. The minimum absolute atomic E-state index is 0. The molecule has 5 aromatic rings. The van der Waals surface area contributed by atoms with Crippen molar-refractivity contribution >= 4 is 27.7 Å². The van der Waals surface area contributed by atoms with Gasteiger partial charge in [-0.15, -0.1) is 29.1 Å². The molecule has 2 aromatic carbocycles. The zero-order valence-corrected chi connectivity index (χ0v) is 33.0. The average molecular weight is 839 g/mol. The van der Waals surface area contributed by atoms with Crippen molar-refractivity contribution in [3.05, 3.63) is 90.1 Å². The number of ketones is 1. The molecule has 0 bridgehead atoms. The molecule has 7 heteroatoms. The standard InChI is InChI=1S/C29H28N3O.C13H24O2.Ir/c1-18(2)12-21-16-33-28-23(21)10-11-25(32-28)27-15-26(30-17-31-27)20-13-19-8-6-7-9-22(19)24(14-20)29(3,4)5;1-5-10(6-2)12(14)9-13(15)11(7-3)8-4;/h6-11,14-18H,12H2,1-5H3;9-11,14H,5-8H2,1-4H3;/q-1;;/b;12-9-;. The van der Waals surface area contributed by atoms with E-state index < -0.39 is 0 Å². The molecule has 0 amide bonds. The Balaban J connectivity index is 0.000000347. The van der Waals surface area contributed by atoms with Gasteiger partial charge in [0, 0.05) is 54.7 Å². The maximum atomic E-state index is 11.7. The minimum Gasteiger partial charge on any atom is -0.512 e. The molecule has 0 aliphatic rings. The number of rotatable bonds is 11. The predicted octanol–water partition coefficient (Wildman–Crippen LogP) is 11.3. The topological polar surface area (TPSA) is 89.1 Å². The van der Waals surface area contributed by atoms with Gasteiger partial charge in [0.1, 0.15) is 6.33 Å². The first-order valence-electron chi connectivity index (χ1n) is 17.5. The van der Waals surface area contributed by atoms with Crippen molar-refractivity contribution in [2.24, 2.45) is 17.8 Å². The normalized spacial score (nSPS) is 12.0. The molecule has 1 N–H and O–H groups in total. The number of allylic oxidation sites excluding steroid dienone is 2. The Kier molecular flexibility index (Phi) is 14.5. The minimum atomic E-state index is -0.00111. The number of furan rings is 1. The van der Waals surface area contributed by atoms with Crippen LogP contribution in [0.4, 0.5) is 0 Å². The molecule has 1 radical (unpaired) electrons. The van der Waals surface area contributed by atoms with Crippen molar-refractivity contribution in [2.75, 3.05) is 0 Å². The Bertz CT molecular complexity index is 1860. The van der Waals surface area contributed by atoms with E-state index in [9.17, 15) is 9.90 Å². The number of aromatic nitrogens is 3. The number of carbonyl (C=O) groups excluding carboxylic acids is 1. The SMILES string of the molecule is CC(C)Cc1coc2nc(-c3cc(-c4[c-]c5ccccc5c(C(C)(C)C)c4)ncn3)ccc12.CCC(CC)C(=O)/C=C(\O)C(CC)CC.[Ir]. The van der Waals surface area contributed by atoms with Gasteiger partial charge in [0.05, 0.1) is 23.4 Å². The monoisotopic (exact) mass is 839 g/mol. The fraction of sp³-hybridized carbons (Fsp3) is 0.429. The number of pyridine rings is 1. The second-order valence-electron chi connectivity index (χ2n) is 14.1. The summed E-state index contributed by atoms with van der Waals surface area (Å²) >= 11 is 0. The van der Waals surface area contributed by atoms with Gasteiger partial charge in [-0.05, 0) is 61.6 Å². The first kappa shape index (κ1) is 39.8. The molecule has 0 unspecified atom stereocenters. The molecule has 0 aliphatic carbocycles. The zero-order chi connectivity index (χ0) is 35.0. The van der Waals surface area contributed by atoms with E-state index in [0.29, 0.717) is 11.6 Å². The number of carbonyl (C=O) groups is 1. The molecule has 6 nitrogen and oxygen atoms in total. The predicted molar refractivity (Wildman–Crippen MR) is 198 cm³/mol. The molecule has 0 fully saturated rings. The molecular formula is C42H52IrN3O3-. The smallest absolute Gasteiger partial charge is 0.226 e. The van der Waals surface area contributed by atoms with Gasteiger partial charge in [0.2, 0.25) is 5.71 Å². The van der Waals surface area contributed by atoms with Crippen LogP contribution in [0.2, 0.25) is 0 Å². The number of hydrogen-bond donors (Lipinski definition) is 1. The first-order chi connectivity index (χ1) is 22.9. The van der Waals surface area contributed by atoms with Gasteiger partial charge in [-0.3, -0.25) is 9.78 Å². The molecule has 3 aromatic heterocycles. The van der Waals surface area contributed by atoms with Gasteiger partial charge in [0.25, 0.3) is 0 Å². The summed E-state index contributed by atoms with van der Waals surface area (Å²) in [4.78, 5) is 25.5. The molecule has 0 saturated heterocycles. The molecular weight excluding hydrogens is 787 g/mol. The third-order valence-corrected chi connectivity index (χ3v) is 9.02. The van der Waals surface area contributed by atoms with E-state index in [1.54, 1.807) is 6.33 Å². The van der Waals surface area contributed by atoms with Crippen LogP contribution in [-0.2, 0) is 36.7 Å². The van der Waals surface area contributed by atoms with Crippen LogP contribution < -0.4 is 0 Å². The van der Waals surface area contributed by atoms with E-state index in [-0.39, 0.29) is 48.9 Å². The van der Waals surface area contributed by atoms with E-state index in [0.717, 1.165) is 65.5 Å². The van der Waals surface area contributed by atoms with Crippen molar-refractivity contribution < 1.29 is 34.4 Å². The van der Waals surface area contributed by atoms with E-state index >= 15 is 0 Å². The summed E-state index contributed by atoms with van der Waals surface area (Å²) in [7, 11) is 0. The molecule has 49 heavy (non-hydrogen) atoms. The summed E-state index contributed by atoms with van der Waals surface area (Å²) in [6.45, 7) is 19.2. The van der Waals surface area contributed by atoms with Crippen molar-refractivity contribution in [1.29, 1.82) is 0 Å². The molecule has 3 heterocycles. The summed E-state index contributed by atoms with van der Waals surface area (Å²) in [5.41, 5.74) is 6.45. The van der Waals surface area contributed by atoms with Crippen molar-refractivity contribution in [2.45, 2.75) is 99.8 Å². The Morgan fingerprint density at radius 1 is 0.878 bits per heavy atom. The molecule has 0 spiro atoms. The van der Waals surface area contributed by atoms with Crippen LogP contribution in [0.1, 0.15) is 99.1 Å². The fourth-order valence-electron chi connectivity index (χ4n) is 6.12. The maximum Gasteiger partial charge on any atom is 0.226 e. The molecule has 5 rings (SSSR count). The summed E-state index contributed by atoms with van der Waals surface area (Å²) in [6.07, 6.45) is 9.30. The quantitative estimate of drug-likeness (QED) is 0.0810. The Morgan fingerprint density at radius 2 is 1.53 bits per heavy atom. The third-order valence-electron chi connectivity index (χ3n) is 9.02. The van der Waals surface area contributed by atoms with E-state index in [1.165, 1.54) is 22.6 Å². The van der Waals surface area contributed by atoms with Crippen LogP contribution in [0.25, 0.3) is 44.5 Å². The van der Waals surface area contributed by atoms with Crippen LogP contribution in [0.15, 0.2) is 77.4 Å². The van der Waals surface area contributed by atoms with E-state index in [4.69, 9.17) is 9.40 Å². The van der Waals surface area contributed by atoms with E-state index in [2.05, 4.69) is 87.1 Å². The van der Waals surface area contributed by atoms with Gasteiger partial charge in [-0.1, -0.05) is 91.5 Å². The number of hydrogen-bond acceptors (Lipinski definition) is 6. The van der Waals surface area contributed by atoms with Crippen LogP contribution in [0.3, 0.4) is 0 Å². The molecule has 0 atom stereocenters. The van der Waals surface area contributed by atoms with Crippen molar-refractivity contribution in [3.63, 3.8) is 0 Å². The molecule has 0 saturated carbocycles. The van der Waals surface area contributed by atoms with Crippen molar-refractivity contribution in [3.8, 4) is 22.6 Å². The second-order valence-corrected chi connectivity index (χ2v) is 14.1. The number of fused-ring (bicyclic) bond motifs is 2. The Morgan fingerprint density at radius 3 is 2.16 bits per heavy atom. The first-order valence-corrected chi connectivity index (χ1v) is 17.5. The largest absolute Gasteiger partial charge is 0.512 e. The summed E-state index contributed by atoms with van der Waals surface area (Å²) in [5, 5.41) is 13.1. The van der Waals surface area contributed by atoms with Crippen LogP contribution in [0.5, 0.6) is 0 Å². The third kappa shape index (κ3) is 9.95. The second kappa shape index (κ2) is 17.8. The Labute approximate surface area is 306 Å². The van der Waals surface area contributed by atoms with Crippen LogP contribution in [0, 0.1) is 23.8 Å². The Hall–Kier alpha value is -3.67. The number of aliphatic hydroxyl groups excluding tert-OH is 1.